The molecule has 0 spiro atoms. The smallest absolute Gasteiger partial charge is 0.322 e. The standard InChI is InChI=1S/C20H26N4O4S2/c1-12-8-24(9-13(2)28-12)19(26)22-14-3-4-16-17(7-14)30-20(23-16)29-11-18(25)21-15-5-6-27-10-15/h3-4,7,12-13,15H,5-6,8-11H2,1-2H3,(H,21,25)(H,22,26)/t12-,13+,15-/m1/s1. The van der Waals surface area contributed by atoms with E-state index in [0.29, 0.717) is 32.1 Å². The number of carbonyl (C=O) groups is 2. The first-order valence-electron chi connectivity index (χ1n) is 10.1. The number of rotatable bonds is 5. The quantitative estimate of drug-likeness (QED) is 0.681. The minimum Gasteiger partial charge on any atom is -0.379 e. The molecule has 0 unspecified atom stereocenters. The second-order valence-electron chi connectivity index (χ2n) is 7.67. The number of fused-ring (bicyclic) bond motifs is 1. The van der Waals surface area contributed by atoms with Crippen LogP contribution in [0.4, 0.5) is 10.5 Å². The van der Waals surface area contributed by atoms with Crippen LogP contribution in [0.15, 0.2) is 22.5 Å². The molecule has 2 aliphatic heterocycles. The number of carbonyl (C=O) groups excluding carboxylic acids is 2. The van der Waals surface area contributed by atoms with Gasteiger partial charge in [0.15, 0.2) is 4.34 Å². The second kappa shape index (κ2) is 9.51. The van der Waals surface area contributed by atoms with Gasteiger partial charge in [0.1, 0.15) is 0 Å². The van der Waals surface area contributed by atoms with Crippen LogP contribution in [0, 0.1) is 0 Å². The van der Waals surface area contributed by atoms with E-state index in [0.717, 1.165) is 26.7 Å². The number of thioether (sulfide) groups is 1. The highest BCUT2D eigenvalue weighted by Gasteiger charge is 2.26. The first-order chi connectivity index (χ1) is 14.5. The summed E-state index contributed by atoms with van der Waals surface area (Å²) in [6.45, 7) is 6.40. The molecule has 0 aliphatic carbocycles. The average Bonchev–Trinajstić information content (AvgIpc) is 3.34. The van der Waals surface area contributed by atoms with E-state index in [9.17, 15) is 9.59 Å². The number of amides is 3. The van der Waals surface area contributed by atoms with Crippen molar-refractivity contribution in [3.05, 3.63) is 18.2 Å². The molecule has 1 aromatic heterocycles. The van der Waals surface area contributed by atoms with Gasteiger partial charge in [-0.1, -0.05) is 11.8 Å². The van der Waals surface area contributed by atoms with Crippen LogP contribution in [-0.2, 0) is 14.3 Å². The third kappa shape index (κ3) is 5.42. The summed E-state index contributed by atoms with van der Waals surface area (Å²) in [6.07, 6.45) is 0.928. The average molecular weight is 451 g/mol. The van der Waals surface area contributed by atoms with E-state index in [1.165, 1.54) is 23.1 Å². The van der Waals surface area contributed by atoms with Crippen LogP contribution in [0.5, 0.6) is 0 Å². The zero-order chi connectivity index (χ0) is 21.1. The monoisotopic (exact) mass is 450 g/mol. The van der Waals surface area contributed by atoms with E-state index in [2.05, 4.69) is 15.6 Å². The molecule has 2 aromatic rings. The summed E-state index contributed by atoms with van der Waals surface area (Å²) in [5, 5.41) is 5.95. The first-order valence-corrected chi connectivity index (χ1v) is 11.9. The Bertz CT molecular complexity index is 905. The topological polar surface area (TPSA) is 92.8 Å². The van der Waals surface area contributed by atoms with Gasteiger partial charge in [-0.2, -0.15) is 0 Å². The Morgan fingerprint density at radius 3 is 2.83 bits per heavy atom. The lowest BCUT2D eigenvalue weighted by atomic mass is 10.2. The number of hydrogen-bond donors (Lipinski definition) is 2. The summed E-state index contributed by atoms with van der Waals surface area (Å²) < 4.78 is 12.8. The summed E-state index contributed by atoms with van der Waals surface area (Å²) in [5.41, 5.74) is 1.59. The molecule has 4 rings (SSSR count). The Labute approximate surface area is 183 Å². The van der Waals surface area contributed by atoms with Crippen LogP contribution < -0.4 is 10.6 Å². The third-order valence-electron chi connectivity index (χ3n) is 4.95. The van der Waals surface area contributed by atoms with Gasteiger partial charge in [-0.3, -0.25) is 4.79 Å². The maximum absolute atomic E-state index is 12.6. The fourth-order valence-electron chi connectivity index (χ4n) is 3.63. The van der Waals surface area contributed by atoms with E-state index in [-0.39, 0.29) is 30.2 Å². The molecule has 10 heteroatoms. The van der Waals surface area contributed by atoms with Crippen LogP contribution >= 0.6 is 23.1 Å². The normalized spacial score (nSPS) is 24.2. The molecule has 2 aliphatic rings. The molecule has 2 N–H and O–H groups in total. The summed E-state index contributed by atoms with van der Waals surface area (Å²) in [4.78, 5) is 31.1. The largest absolute Gasteiger partial charge is 0.379 e. The third-order valence-corrected chi connectivity index (χ3v) is 7.11. The van der Waals surface area contributed by atoms with Crippen LogP contribution in [-0.4, -0.2) is 72.1 Å². The fourth-order valence-corrected chi connectivity index (χ4v) is 5.55. The van der Waals surface area contributed by atoms with Crippen molar-refractivity contribution < 1.29 is 19.1 Å². The van der Waals surface area contributed by atoms with Gasteiger partial charge in [0.05, 0.1) is 40.8 Å². The molecule has 2 saturated heterocycles. The predicted octanol–water partition coefficient (Wildman–Crippen LogP) is 2.93. The highest BCUT2D eigenvalue weighted by Crippen LogP contribution is 2.31. The molecule has 1 aromatic carbocycles. The van der Waals surface area contributed by atoms with Gasteiger partial charge in [-0.05, 0) is 38.5 Å². The van der Waals surface area contributed by atoms with Gasteiger partial charge in [0.25, 0.3) is 0 Å². The van der Waals surface area contributed by atoms with E-state index in [1.807, 2.05) is 32.0 Å². The zero-order valence-corrected chi connectivity index (χ0v) is 18.7. The fraction of sp³-hybridized carbons (Fsp3) is 0.550. The Morgan fingerprint density at radius 1 is 1.30 bits per heavy atom. The molecule has 0 radical (unpaired) electrons. The molecule has 3 heterocycles. The van der Waals surface area contributed by atoms with Crippen molar-refractivity contribution in [3.8, 4) is 0 Å². The van der Waals surface area contributed by atoms with Crippen molar-refractivity contribution in [1.82, 2.24) is 15.2 Å². The Morgan fingerprint density at radius 2 is 2.10 bits per heavy atom. The van der Waals surface area contributed by atoms with Crippen molar-refractivity contribution in [2.24, 2.45) is 0 Å². The van der Waals surface area contributed by atoms with Gasteiger partial charge >= 0.3 is 6.03 Å². The number of nitrogens with zero attached hydrogens (tertiary/aromatic N) is 2. The van der Waals surface area contributed by atoms with Crippen molar-refractivity contribution >= 4 is 50.9 Å². The van der Waals surface area contributed by atoms with Crippen molar-refractivity contribution in [1.29, 1.82) is 0 Å². The number of ether oxygens (including phenoxy) is 2. The Kier molecular flexibility index (Phi) is 6.77. The summed E-state index contributed by atoms with van der Waals surface area (Å²) in [5.74, 6) is 0.324. The molecule has 3 amide bonds. The number of hydrogen-bond acceptors (Lipinski definition) is 7. The number of anilines is 1. The predicted molar refractivity (Wildman–Crippen MR) is 118 cm³/mol. The number of benzene rings is 1. The van der Waals surface area contributed by atoms with Crippen LogP contribution in [0.2, 0.25) is 0 Å². The zero-order valence-electron chi connectivity index (χ0n) is 17.1. The van der Waals surface area contributed by atoms with E-state index in [1.54, 1.807) is 4.90 Å². The lowest BCUT2D eigenvalue weighted by Gasteiger charge is -2.35. The maximum atomic E-state index is 12.6. The lowest BCUT2D eigenvalue weighted by molar-refractivity contribution is -0.119. The Hall–Kier alpha value is -1.88. The number of urea groups is 1. The van der Waals surface area contributed by atoms with Crippen LogP contribution in [0.1, 0.15) is 20.3 Å². The van der Waals surface area contributed by atoms with Crippen molar-refractivity contribution in [2.45, 2.75) is 42.9 Å². The van der Waals surface area contributed by atoms with Gasteiger partial charge in [-0.15, -0.1) is 11.3 Å². The van der Waals surface area contributed by atoms with Crippen molar-refractivity contribution in [3.63, 3.8) is 0 Å². The second-order valence-corrected chi connectivity index (χ2v) is 9.92. The number of aromatic nitrogens is 1. The minimum atomic E-state index is -0.122. The summed E-state index contributed by atoms with van der Waals surface area (Å²) in [6, 6.07) is 5.68. The first kappa shape index (κ1) is 21.4. The highest BCUT2D eigenvalue weighted by atomic mass is 32.2. The lowest BCUT2D eigenvalue weighted by Crippen LogP contribution is -2.49. The molecule has 8 nitrogen and oxygen atoms in total. The van der Waals surface area contributed by atoms with Gasteiger partial charge in [0, 0.05) is 25.4 Å². The van der Waals surface area contributed by atoms with Gasteiger partial charge < -0.3 is 25.0 Å². The minimum absolute atomic E-state index is 0.00308. The molecular weight excluding hydrogens is 424 g/mol. The van der Waals surface area contributed by atoms with Crippen LogP contribution in [0.3, 0.4) is 0 Å². The van der Waals surface area contributed by atoms with Crippen molar-refractivity contribution in [2.75, 3.05) is 37.4 Å². The molecule has 0 saturated carbocycles. The summed E-state index contributed by atoms with van der Waals surface area (Å²) >= 11 is 2.95. The molecule has 3 atom stereocenters. The molecule has 162 valence electrons. The highest BCUT2D eigenvalue weighted by molar-refractivity contribution is 8.01. The molecular formula is C20H26N4O4S2. The van der Waals surface area contributed by atoms with E-state index in [4.69, 9.17) is 9.47 Å². The SMILES string of the molecule is C[C@@H]1CN(C(=O)Nc2ccc3nc(SCC(=O)N[C@@H]4CCOC4)sc3c2)C[C@H](C)O1. The number of thiazole rings is 1. The summed E-state index contributed by atoms with van der Waals surface area (Å²) in [7, 11) is 0. The van der Waals surface area contributed by atoms with E-state index < -0.39 is 0 Å². The maximum Gasteiger partial charge on any atom is 0.322 e. The molecule has 2 fully saturated rings. The Balaban J connectivity index is 1.34. The molecule has 30 heavy (non-hydrogen) atoms. The van der Waals surface area contributed by atoms with Gasteiger partial charge in [0.2, 0.25) is 5.91 Å². The number of nitrogens with one attached hydrogen (secondary N) is 2. The number of morpholine rings is 1. The van der Waals surface area contributed by atoms with Gasteiger partial charge in [-0.25, -0.2) is 9.78 Å². The van der Waals surface area contributed by atoms with Crippen LogP contribution in [0.25, 0.3) is 10.2 Å². The molecule has 0 bridgehead atoms. The van der Waals surface area contributed by atoms with E-state index >= 15 is 0 Å².